The maximum Gasteiger partial charge on any atom is 0.241 e. The SMILES string of the molecule is Cc1c(N)cccc1NC(=O)C(C)N(CCCO)C(C)C. The van der Waals surface area contributed by atoms with Gasteiger partial charge in [-0.05, 0) is 51.8 Å². The normalized spacial score (nSPS) is 12.7. The maximum absolute atomic E-state index is 12.4. The molecule has 5 nitrogen and oxygen atoms in total. The molecular weight excluding hydrogens is 266 g/mol. The van der Waals surface area contributed by atoms with Gasteiger partial charge < -0.3 is 16.2 Å². The van der Waals surface area contributed by atoms with E-state index in [2.05, 4.69) is 10.2 Å². The van der Waals surface area contributed by atoms with E-state index in [1.54, 1.807) is 0 Å². The standard InChI is InChI=1S/C16H27N3O2/c1-11(2)19(9-6-10-20)13(4)16(21)18-15-8-5-7-14(17)12(15)3/h5,7-8,11,13,20H,6,9-10,17H2,1-4H3,(H,18,21). The molecule has 1 aromatic rings. The summed E-state index contributed by atoms with van der Waals surface area (Å²) >= 11 is 0. The predicted molar refractivity (Wildman–Crippen MR) is 87.2 cm³/mol. The second kappa shape index (κ2) is 8.00. The van der Waals surface area contributed by atoms with E-state index < -0.39 is 0 Å². The van der Waals surface area contributed by atoms with E-state index in [0.717, 1.165) is 11.3 Å². The summed E-state index contributed by atoms with van der Waals surface area (Å²) in [6.07, 6.45) is 0.660. The fourth-order valence-corrected chi connectivity index (χ4v) is 2.33. The number of hydrogen-bond donors (Lipinski definition) is 3. The van der Waals surface area contributed by atoms with Gasteiger partial charge in [0, 0.05) is 30.6 Å². The molecule has 1 rings (SSSR count). The number of hydrogen-bond acceptors (Lipinski definition) is 4. The Balaban J connectivity index is 2.78. The van der Waals surface area contributed by atoms with Crippen molar-refractivity contribution in [3.8, 4) is 0 Å². The van der Waals surface area contributed by atoms with Crippen LogP contribution in [-0.2, 0) is 4.79 Å². The number of anilines is 2. The maximum atomic E-state index is 12.4. The first-order chi connectivity index (χ1) is 9.88. The van der Waals surface area contributed by atoms with Crippen LogP contribution in [0.25, 0.3) is 0 Å². The lowest BCUT2D eigenvalue weighted by Crippen LogP contribution is -2.46. The van der Waals surface area contributed by atoms with Crippen molar-refractivity contribution in [3.63, 3.8) is 0 Å². The second-order valence-corrected chi connectivity index (χ2v) is 5.59. The summed E-state index contributed by atoms with van der Waals surface area (Å²) in [5, 5.41) is 11.9. The average molecular weight is 293 g/mol. The Kier molecular flexibility index (Phi) is 6.65. The lowest BCUT2D eigenvalue weighted by molar-refractivity contribution is -0.121. The minimum atomic E-state index is -0.266. The number of nitrogen functional groups attached to an aromatic ring is 1. The highest BCUT2D eigenvalue weighted by molar-refractivity contribution is 5.95. The van der Waals surface area contributed by atoms with Crippen molar-refractivity contribution < 1.29 is 9.90 Å². The molecule has 0 spiro atoms. The van der Waals surface area contributed by atoms with Crippen LogP contribution < -0.4 is 11.1 Å². The van der Waals surface area contributed by atoms with Gasteiger partial charge in [0.15, 0.2) is 0 Å². The van der Waals surface area contributed by atoms with Gasteiger partial charge in [0.2, 0.25) is 5.91 Å². The molecule has 0 heterocycles. The average Bonchev–Trinajstić information content (AvgIpc) is 2.43. The first-order valence-corrected chi connectivity index (χ1v) is 7.41. The minimum Gasteiger partial charge on any atom is -0.398 e. The summed E-state index contributed by atoms with van der Waals surface area (Å²) in [6, 6.07) is 5.46. The number of nitrogens with one attached hydrogen (secondary N) is 1. The molecule has 0 saturated carbocycles. The number of amides is 1. The van der Waals surface area contributed by atoms with Crippen molar-refractivity contribution in [1.29, 1.82) is 0 Å². The highest BCUT2D eigenvalue weighted by Gasteiger charge is 2.23. The van der Waals surface area contributed by atoms with Gasteiger partial charge in [-0.1, -0.05) is 6.07 Å². The van der Waals surface area contributed by atoms with Crippen LogP contribution in [0.2, 0.25) is 0 Å². The third-order valence-corrected chi connectivity index (χ3v) is 3.75. The third kappa shape index (κ3) is 4.72. The van der Waals surface area contributed by atoms with E-state index in [1.807, 2.05) is 45.9 Å². The van der Waals surface area contributed by atoms with Crippen LogP contribution in [0.1, 0.15) is 32.8 Å². The minimum absolute atomic E-state index is 0.0599. The zero-order chi connectivity index (χ0) is 16.0. The van der Waals surface area contributed by atoms with Crippen LogP contribution >= 0.6 is 0 Å². The Bertz CT molecular complexity index is 475. The van der Waals surface area contributed by atoms with Gasteiger partial charge in [-0.15, -0.1) is 0 Å². The van der Waals surface area contributed by atoms with Gasteiger partial charge in [0.25, 0.3) is 0 Å². The number of aliphatic hydroxyl groups is 1. The summed E-state index contributed by atoms with van der Waals surface area (Å²) in [4.78, 5) is 14.5. The molecule has 0 aliphatic rings. The summed E-state index contributed by atoms with van der Waals surface area (Å²) in [5.41, 5.74) is 8.15. The van der Waals surface area contributed by atoms with Crippen LogP contribution in [0, 0.1) is 6.92 Å². The molecule has 1 amide bonds. The molecular formula is C16H27N3O2. The molecule has 1 atom stereocenters. The highest BCUT2D eigenvalue weighted by atomic mass is 16.3. The molecule has 0 aromatic heterocycles. The summed E-state index contributed by atoms with van der Waals surface area (Å²) in [7, 11) is 0. The van der Waals surface area contributed by atoms with Crippen molar-refractivity contribution in [2.75, 3.05) is 24.2 Å². The third-order valence-electron chi connectivity index (χ3n) is 3.75. The number of benzene rings is 1. The number of carbonyl (C=O) groups excluding carboxylic acids is 1. The predicted octanol–water partition coefficient (Wildman–Crippen LogP) is 2.00. The summed E-state index contributed by atoms with van der Waals surface area (Å²) in [6.45, 7) is 8.69. The summed E-state index contributed by atoms with van der Waals surface area (Å²) < 4.78 is 0. The van der Waals surface area contributed by atoms with Crippen LogP contribution in [0.15, 0.2) is 18.2 Å². The Morgan fingerprint density at radius 1 is 1.38 bits per heavy atom. The highest BCUT2D eigenvalue weighted by Crippen LogP contribution is 2.21. The molecule has 5 heteroatoms. The van der Waals surface area contributed by atoms with Crippen LogP contribution in [-0.4, -0.2) is 41.1 Å². The molecule has 0 bridgehead atoms. The Labute approximate surface area is 127 Å². The van der Waals surface area contributed by atoms with Gasteiger partial charge in [-0.3, -0.25) is 9.69 Å². The van der Waals surface area contributed by atoms with E-state index in [4.69, 9.17) is 10.8 Å². The molecule has 0 radical (unpaired) electrons. The number of carbonyl (C=O) groups is 1. The fraction of sp³-hybridized carbons (Fsp3) is 0.562. The van der Waals surface area contributed by atoms with Gasteiger partial charge >= 0.3 is 0 Å². The summed E-state index contributed by atoms with van der Waals surface area (Å²) in [5.74, 6) is -0.0599. The topological polar surface area (TPSA) is 78.6 Å². The quantitative estimate of drug-likeness (QED) is 0.672. The van der Waals surface area contributed by atoms with Crippen LogP contribution in [0.4, 0.5) is 11.4 Å². The van der Waals surface area contributed by atoms with Gasteiger partial charge in [-0.25, -0.2) is 0 Å². The van der Waals surface area contributed by atoms with E-state index in [0.29, 0.717) is 18.7 Å². The molecule has 21 heavy (non-hydrogen) atoms. The lowest BCUT2D eigenvalue weighted by atomic mass is 10.1. The second-order valence-electron chi connectivity index (χ2n) is 5.59. The Morgan fingerprint density at radius 2 is 2.05 bits per heavy atom. The van der Waals surface area contributed by atoms with E-state index >= 15 is 0 Å². The van der Waals surface area contributed by atoms with Gasteiger partial charge in [-0.2, -0.15) is 0 Å². The number of aliphatic hydroxyl groups excluding tert-OH is 1. The monoisotopic (exact) mass is 293 g/mol. The van der Waals surface area contributed by atoms with Crippen LogP contribution in [0.5, 0.6) is 0 Å². The van der Waals surface area contributed by atoms with E-state index in [1.165, 1.54) is 0 Å². The van der Waals surface area contributed by atoms with E-state index in [9.17, 15) is 4.79 Å². The number of nitrogens with zero attached hydrogens (tertiary/aromatic N) is 1. The zero-order valence-electron chi connectivity index (χ0n) is 13.4. The molecule has 4 N–H and O–H groups in total. The molecule has 0 aliphatic heterocycles. The molecule has 0 aliphatic carbocycles. The lowest BCUT2D eigenvalue weighted by Gasteiger charge is -2.31. The molecule has 1 unspecified atom stereocenters. The zero-order valence-corrected chi connectivity index (χ0v) is 13.4. The van der Waals surface area contributed by atoms with Gasteiger partial charge in [0.1, 0.15) is 0 Å². The fourth-order valence-electron chi connectivity index (χ4n) is 2.33. The largest absolute Gasteiger partial charge is 0.398 e. The van der Waals surface area contributed by atoms with Crippen molar-refractivity contribution in [3.05, 3.63) is 23.8 Å². The molecule has 0 fully saturated rings. The van der Waals surface area contributed by atoms with Crippen LogP contribution in [0.3, 0.4) is 0 Å². The molecule has 118 valence electrons. The smallest absolute Gasteiger partial charge is 0.241 e. The van der Waals surface area contributed by atoms with Crippen molar-refractivity contribution in [1.82, 2.24) is 4.90 Å². The molecule has 0 saturated heterocycles. The number of rotatable bonds is 7. The number of nitrogens with two attached hydrogens (primary N) is 1. The Hall–Kier alpha value is -1.59. The molecule has 1 aromatic carbocycles. The first kappa shape index (κ1) is 17.5. The van der Waals surface area contributed by atoms with Crippen molar-refractivity contribution in [2.24, 2.45) is 0 Å². The van der Waals surface area contributed by atoms with E-state index in [-0.39, 0.29) is 24.6 Å². The first-order valence-electron chi connectivity index (χ1n) is 7.41. The van der Waals surface area contributed by atoms with Crippen molar-refractivity contribution in [2.45, 2.75) is 46.2 Å². The Morgan fingerprint density at radius 3 is 2.62 bits per heavy atom. The van der Waals surface area contributed by atoms with Crippen molar-refractivity contribution >= 4 is 17.3 Å². The van der Waals surface area contributed by atoms with Gasteiger partial charge in [0.05, 0.1) is 6.04 Å².